The first-order valence-electron chi connectivity index (χ1n) is 10.3. The summed E-state index contributed by atoms with van der Waals surface area (Å²) >= 11 is 0. The predicted molar refractivity (Wildman–Crippen MR) is 124 cm³/mol. The van der Waals surface area contributed by atoms with Gasteiger partial charge in [0.05, 0.1) is 0 Å². The number of fused-ring (bicyclic) bond motifs is 1. The van der Waals surface area contributed by atoms with E-state index in [4.69, 9.17) is 0 Å². The Morgan fingerprint density at radius 1 is 1.07 bits per heavy atom. The minimum atomic E-state index is 0.0230. The van der Waals surface area contributed by atoms with Crippen LogP contribution in [0.25, 0.3) is 10.9 Å². The number of amides is 1. The fraction of sp³-hybridized carbons (Fsp3) is 0.333. The molecule has 0 saturated carbocycles. The second-order valence-corrected chi connectivity index (χ2v) is 7.64. The number of carbonyl (C=O) groups is 1. The maximum atomic E-state index is 12.1. The number of aliphatic imine (C=N–C) groups is 1. The van der Waals surface area contributed by atoms with Gasteiger partial charge < -0.3 is 20.5 Å². The van der Waals surface area contributed by atoms with Crippen LogP contribution in [0.2, 0.25) is 0 Å². The van der Waals surface area contributed by atoms with Crippen molar-refractivity contribution in [3.8, 4) is 0 Å². The van der Waals surface area contributed by atoms with E-state index in [2.05, 4.69) is 51.9 Å². The van der Waals surface area contributed by atoms with Crippen molar-refractivity contribution in [2.75, 3.05) is 34.2 Å². The molecule has 1 aromatic heterocycles. The zero-order chi connectivity index (χ0) is 21.5. The van der Waals surface area contributed by atoms with Gasteiger partial charge in [0.1, 0.15) is 0 Å². The average Bonchev–Trinajstić information content (AvgIpc) is 3.16. The van der Waals surface area contributed by atoms with Crippen LogP contribution in [-0.2, 0) is 12.8 Å². The summed E-state index contributed by atoms with van der Waals surface area (Å²) in [5.74, 6) is 0.807. The third kappa shape index (κ3) is 5.20. The topological polar surface area (TPSA) is 72.5 Å². The molecule has 0 unspecified atom stereocenters. The average molecular weight is 406 g/mol. The minimum Gasteiger partial charge on any atom is -0.361 e. The fourth-order valence-electron chi connectivity index (χ4n) is 3.63. The maximum Gasteiger partial charge on any atom is 0.253 e. The van der Waals surface area contributed by atoms with Crippen molar-refractivity contribution in [3.05, 3.63) is 70.9 Å². The number of hydrogen-bond donors (Lipinski definition) is 3. The van der Waals surface area contributed by atoms with Crippen LogP contribution >= 0.6 is 0 Å². The van der Waals surface area contributed by atoms with Crippen molar-refractivity contribution in [3.63, 3.8) is 0 Å². The third-order valence-corrected chi connectivity index (χ3v) is 5.19. The zero-order valence-electron chi connectivity index (χ0n) is 18.2. The van der Waals surface area contributed by atoms with Crippen molar-refractivity contribution < 1.29 is 4.79 Å². The number of aromatic amines is 1. The summed E-state index contributed by atoms with van der Waals surface area (Å²) in [6.07, 6.45) is 3.83. The summed E-state index contributed by atoms with van der Waals surface area (Å²) in [6.45, 7) is 3.69. The van der Waals surface area contributed by atoms with E-state index in [1.807, 2.05) is 24.3 Å². The van der Waals surface area contributed by atoms with Gasteiger partial charge >= 0.3 is 0 Å². The zero-order valence-corrected chi connectivity index (χ0v) is 18.2. The highest BCUT2D eigenvalue weighted by molar-refractivity contribution is 5.94. The molecule has 0 spiro atoms. The smallest absolute Gasteiger partial charge is 0.253 e. The van der Waals surface area contributed by atoms with Crippen molar-refractivity contribution in [1.82, 2.24) is 20.5 Å². The molecule has 0 aliphatic carbocycles. The fourth-order valence-corrected chi connectivity index (χ4v) is 3.63. The van der Waals surface area contributed by atoms with Crippen LogP contribution < -0.4 is 10.6 Å². The van der Waals surface area contributed by atoms with Gasteiger partial charge in [-0.05, 0) is 54.7 Å². The molecule has 1 amide bonds. The normalized spacial score (nSPS) is 11.5. The van der Waals surface area contributed by atoms with Crippen LogP contribution in [0.5, 0.6) is 0 Å². The molecule has 3 rings (SSSR count). The summed E-state index contributed by atoms with van der Waals surface area (Å²) in [7, 11) is 5.31. The van der Waals surface area contributed by atoms with Gasteiger partial charge in [-0.15, -0.1) is 0 Å². The summed E-state index contributed by atoms with van der Waals surface area (Å²) < 4.78 is 0. The summed E-state index contributed by atoms with van der Waals surface area (Å²) in [4.78, 5) is 21.4. The lowest BCUT2D eigenvalue weighted by atomic mass is 10.1. The number of hydrogen-bond acceptors (Lipinski definition) is 2. The lowest BCUT2D eigenvalue weighted by molar-refractivity contribution is 0.0827. The number of benzene rings is 2. The number of guanidine groups is 1. The van der Waals surface area contributed by atoms with E-state index in [1.165, 1.54) is 22.0 Å². The first-order chi connectivity index (χ1) is 14.5. The number of aromatic nitrogens is 1. The Morgan fingerprint density at radius 2 is 1.80 bits per heavy atom. The Kier molecular flexibility index (Phi) is 7.12. The Balaban J connectivity index is 1.48. The monoisotopic (exact) mass is 405 g/mol. The van der Waals surface area contributed by atoms with E-state index >= 15 is 0 Å². The quantitative estimate of drug-likeness (QED) is 0.418. The van der Waals surface area contributed by atoms with E-state index in [-0.39, 0.29) is 5.91 Å². The van der Waals surface area contributed by atoms with E-state index in [0.29, 0.717) is 5.56 Å². The molecule has 0 aliphatic heterocycles. The molecule has 30 heavy (non-hydrogen) atoms. The third-order valence-electron chi connectivity index (χ3n) is 5.19. The van der Waals surface area contributed by atoms with Gasteiger partial charge in [0.2, 0.25) is 0 Å². The van der Waals surface area contributed by atoms with Crippen LogP contribution in [0.3, 0.4) is 0 Å². The number of H-pyrrole nitrogens is 1. The molecular weight excluding hydrogens is 374 g/mol. The van der Waals surface area contributed by atoms with Crippen molar-refractivity contribution >= 4 is 22.8 Å². The van der Waals surface area contributed by atoms with Crippen molar-refractivity contribution in [1.29, 1.82) is 0 Å². The first kappa shape index (κ1) is 21.4. The molecule has 0 bridgehead atoms. The van der Waals surface area contributed by atoms with Gasteiger partial charge in [-0.3, -0.25) is 9.79 Å². The molecule has 0 aliphatic rings. The number of aryl methyl sites for hydroxylation is 1. The van der Waals surface area contributed by atoms with Gasteiger partial charge in [0.15, 0.2) is 5.96 Å². The predicted octanol–water partition coefficient (Wildman–Crippen LogP) is 3.13. The summed E-state index contributed by atoms with van der Waals surface area (Å²) in [6, 6.07) is 14.1. The first-order valence-corrected chi connectivity index (χ1v) is 10.3. The largest absolute Gasteiger partial charge is 0.361 e. The van der Waals surface area contributed by atoms with E-state index in [9.17, 15) is 4.79 Å². The molecule has 6 heteroatoms. The van der Waals surface area contributed by atoms with Crippen molar-refractivity contribution in [2.45, 2.75) is 19.8 Å². The lowest BCUT2D eigenvalue weighted by Crippen LogP contribution is -2.39. The Labute approximate surface area is 178 Å². The molecule has 0 atom stereocenters. The molecule has 0 saturated heterocycles. The number of nitrogens with zero attached hydrogens (tertiary/aromatic N) is 2. The molecule has 0 radical (unpaired) electrons. The van der Waals surface area contributed by atoms with Crippen molar-refractivity contribution in [2.24, 2.45) is 4.99 Å². The summed E-state index contributed by atoms with van der Waals surface area (Å²) in [5, 5.41) is 8.05. The number of nitrogens with one attached hydrogen (secondary N) is 3. The molecule has 6 nitrogen and oxygen atoms in total. The van der Waals surface area contributed by atoms with E-state index in [0.717, 1.165) is 37.5 Å². The van der Waals surface area contributed by atoms with E-state index in [1.54, 1.807) is 26.0 Å². The van der Waals surface area contributed by atoms with Crippen LogP contribution in [0.1, 0.15) is 27.0 Å². The maximum absolute atomic E-state index is 12.1. The molecule has 158 valence electrons. The van der Waals surface area contributed by atoms with Crippen LogP contribution in [0.15, 0.2) is 53.7 Å². The minimum absolute atomic E-state index is 0.0230. The van der Waals surface area contributed by atoms with Crippen LogP contribution in [0.4, 0.5) is 0 Å². The van der Waals surface area contributed by atoms with E-state index < -0.39 is 0 Å². The number of carbonyl (C=O) groups excluding carboxylic acids is 1. The molecular formula is C24H31N5O. The van der Waals surface area contributed by atoms with Crippen LogP contribution in [0, 0.1) is 6.92 Å². The highest BCUT2D eigenvalue weighted by atomic mass is 16.2. The Hall–Kier alpha value is -3.28. The van der Waals surface area contributed by atoms with Gasteiger partial charge in [-0.2, -0.15) is 0 Å². The number of rotatable bonds is 7. The highest BCUT2D eigenvalue weighted by Gasteiger charge is 2.09. The molecule has 2 aromatic carbocycles. The lowest BCUT2D eigenvalue weighted by Gasteiger charge is -2.13. The van der Waals surface area contributed by atoms with Gasteiger partial charge in [0, 0.05) is 56.9 Å². The molecule has 3 aromatic rings. The Morgan fingerprint density at radius 3 is 2.53 bits per heavy atom. The standard InChI is InChI=1S/C24H31N5O/c1-17-7-5-10-21-22(17)20(16-28-21)12-14-27-24(25-2)26-13-11-18-8-6-9-19(15-18)23(30)29(3)4/h5-10,15-16,28H,11-14H2,1-4H3,(H2,25,26,27). The Bertz CT molecular complexity index is 1040. The van der Waals surface area contributed by atoms with Gasteiger partial charge in [-0.1, -0.05) is 24.3 Å². The summed E-state index contributed by atoms with van der Waals surface area (Å²) in [5.41, 5.74) is 5.63. The SMILES string of the molecule is CN=C(NCCc1cccc(C(=O)N(C)C)c1)NCCc1c[nH]c2cccc(C)c12. The van der Waals surface area contributed by atoms with Crippen LogP contribution in [-0.4, -0.2) is 56.0 Å². The molecule has 1 heterocycles. The molecule has 0 fully saturated rings. The second kappa shape index (κ2) is 9.96. The second-order valence-electron chi connectivity index (χ2n) is 7.64. The van der Waals surface area contributed by atoms with Gasteiger partial charge in [0.25, 0.3) is 5.91 Å². The molecule has 3 N–H and O–H groups in total. The highest BCUT2D eigenvalue weighted by Crippen LogP contribution is 2.22. The van der Waals surface area contributed by atoms with Gasteiger partial charge in [-0.25, -0.2) is 0 Å².